The van der Waals surface area contributed by atoms with E-state index in [0.717, 1.165) is 45.6 Å². The summed E-state index contributed by atoms with van der Waals surface area (Å²) in [5, 5.41) is 8.88. The highest BCUT2D eigenvalue weighted by atomic mass is 35.5. The monoisotopic (exact) mass is 400 g/mol. The van der Waals surface area contributed by atoms with E-state index in [1.807, 2.05) is 35.4 Å². The van der Waals surface area contributed by atoms with E-state index < -0.39 is 0 Å². The molecule has 0 radical (unpaired) electrons. The van der Waals surface area contributed by atoms with Gasteiger partial charge in [0.1, 0.15) is 0 Å². The van der Waals surface area contributed by atoms with E-state index in [9.17, 15) is 4.79 Å². The topological polar surface area (TPSA) is 49.3 Å². The summed E-state index contributed by atoms with van der Waals surface area (Å²) in [7, 11) is 0. The molecule has 0 N–H and O–H groups in total. The highest BCUT2D eigenvalue weighted by Crippen LogP contribution is 2.28. The molecule has 0 unspecified atom stereocenters. The van der Waals surface area contributed by atoms with Crippen molar-refractivity contribution in [2.75, 3.05) is 43.1 Å². The fourth-order valence-corrected chi connectivity index (χ4v) is 5.05. The zero-order valence-electron chi connectivity index (χ0n) is 13.1. The Kier molecular flexibility index (Phi) is 6.26. The van der Waals surface area contributed by atoms with Crippen LogP contribution in [0.15, 0.2) is 32.9 Å². The predicted octanol–water partition coefficient (Wildman–Crippen LogP) is 3.35. The van der Waals surface area contributed by atoms with Crippen molar-refractivity contribution in [3.8, 4) is 0 Å². The maximum atomic E-state index is 12.4. The lowest BCUT2D eigenvalue weighted by molar-refractivity contribution is -0.128. The van der Waals surface area contributed by atoms with Crippen molar-refractivity contribution in [1.82, 2.24) is 15.1 Å². The van der Waals surface area contributed by atoms with Gasteiger partial charge >= 0.3 is 0 Å². The third-order valence-electron chi connectivity index (χ3n) is 3.71. The Morgan fingerprint density at radius 3 is 2.58 bits per heavy atom. The highest BCUT2D eigenvalue weighted by Gasteiger charge is 2.22. The lowest BCUT2D eigenvalue weighted by Crippen LogP contribution is -2.49. The maximum absolute atomic E-state index is 12.4. The molecule has 1 aromatic heterocycles. The molecule has 2 heterocycles. The summed E-state index contributed by atoms with van der Waals surface area (Å²) >= 11 is 10.8. The summed E-state index contributed by atoms with van der Waals surface area (Å²) in [6.45, 7) is 3.04. The van der Waals surface area contributed by atoms with Gasteiger partial charge in [-0.05, 0) is 18.4 Å². The molecule has 9 heteroatoms. The molecule has 0 atom stereocenters. The Balaban J connectivity index is 1.49. The summed E-state index contributed by atoms with van der Waals surface area (Å²) in [6.07, 6.45) is 1.97. The zero-order valence-corrected chi connectivity index (χ0v) is 16.4. The Morgan fingerprint density at radius 1 is 1.21 bits per heavy atom. The second-order valence-electron chi connectivity index (χ2n) is 5.15. The van der Waals surface area contributed by atoms with Gasteiger partial charge in [0.15, 0.2) is 8.68 Å². The van der Waals surface area contributed by atoms with Gasteiger partial charge in [0, 0.05) is 26.2 Å². The van der Waals surface area contributed by atoms with Crippen LogP contribution in [-0.4, -0.2) is 59.2 Å². The molecule has 1 saturated heterocycles. The molecule has 24 heavy (non-hydrogen) atoms. The van der Waals surface area contributed by atoms with Crippen molar-refractivity contribution in [3.63, 3.8) is 0 Å². The molecule has 0 bridgehead atoms. The van der Waals surface area contributed by atoms with Gasteiger partial charge in [-0.25, -0.2) is 0 Å². The Labute approximate surface area is 158 Å². The van der Waals surface area contributed by atoms with Crippen LogP contribution in [0, 0.1) is 0 Å². The largest absolute Gasteiger partial charge is 0.367 e. The number of rotatable bonds is 5. The second-order valence-corrected chi connectivity index (χ2v) is 8.81. The first-order valence-electron chi connectivity index (χ1n) is 7.45. The third-order valence-corrected chi connectivity index (χ3v) is 7.04. The number of amides is 1. The number of anilines is 1. The molecule has 0 aliphatic carbocycles. The first-order valence-corrected chi connectivity index (χ1v) is 10.9. The number of carbonyl (C=O) groups is 1. The van der Waals surface area contributed by atoms with Crippen LogP contribution >= 0.6 is 46.5 Å². The molecule has 1 aromatic carbocycles. The minimum atomic E-state index is 0.153. The fraction of sp³-hybridized carbons (Fsp3) is 0.400. The summed E-state index contributed by atoms with van der Waals surface area (Å²) in [4.78, 5) is 16.5. The number of hydrogen-bond acceptors (Lipinski definition) is 7. The van der Waals surface area contributed by atoms with Crippen LogP contribution in [0.3, 0.4) is 0 Å². The van der Waals surface area contributed by atoms with Crippen LogP contribution in [0.25, 0.3) is 0 Å². The van der Waals surface area contributed by atoms with E-state index in [2.05, 4.69) is 15.1 Å². The van der Waals surface area contributed by atoms with Gasteiger partial charge in [-0.2, -0.15) is 0 Å². The first kappa shape index (κ1) is 17.8. The van der Waals surface area contributed by atoms with Crippen LogP contribution < -0.4 is 4.90 Å². The van der Waals surface area contributed by atoms with E-state index in [0.29, 0.717) is 5.75 Å². The number of benzene rings is 1. The molecular formula is C15H17ClN4OS3. The van der Waals surface area contributed by atoms with Gasteiger partial charge in [0.05, 0.1) is 16.5 Å². The minimum absolute atomic E-state index is 0.153. The van der Waals surface area contributed by atoms with Gasteiger partial charge in [-0.15, -0.1) is 10.2 Å². The number of hydrogen-bond donors (Lipinski definition) is 0. The number of para-hydroxylation sites is 1. The molecular weight excluding hydrogens is 384 g/mol. The van der Waals surface area contributed by atoms with Crippen molar-refractivity contribution >= 4 is 58.1 Å². The molecule has 0 spiro atoms. The van der Waals surface area contributed by atoms with E-state index >= 15 is 0 Å². The number of nitrogens with zero attached hydrogens (tertiary/aromatic N) is 4. The Morgan fingerprint density at radius 2 is 1.92 bits per heavy atom. The first-order chi connectivity index (χ1) is 11.7. The summed E-state index contributed by atoms with van der Waals surface area (Å²) < 4.78 is 1.78. The molecule has 1 fully saturated rings. The maximum Gasteiger partial charge on any atom is 0.233 e. The average Bonchev–Trinajstić information content (AvgIpc) is 3.08. The zero-order chi connectivity index (χ0) is 16.9. The number of thioether (sulfide) groups is 2. The number of aromatic nitrogens is 2. The molecule has 3 rings (SSSR count). The standard InChI is InChI=1S/C15H17ClN4OS3/c1-22-14-17-18-15(24-14)23-10-13(21)20-8-6-19(7-9-20)12-5-3-2-4-11(12)16/h2-5H,6-10H2,1H3. The third kappa shape index (κ3) is 4.36. The van der Waals surface area contributed by atoms with Crippen LogP contribution in [0.5, 0.6) is 0 Å². The van der Waals surface area contributed by atoms with Crippen molar-refractivity contribution in [2.45, 2.75) is 8.68 Å². The van der Waals surface area contributed by atoms with E-state index in [4.69, 9.17) is 11.6 Å². The summed E-state index contributed by atoms with van der Waals surface area (Å²) in [5.74, 6) is 0.564. The van der Waals surface area contributed by atoms with E-state index in [-0.39, 0.29) is 5.91 Å². The van der Waals surface area contributed by atoms with Crippen molar-refractivity contribution in [1.29, 1.82) is 0 Å². The Bertz CT molecular complexity index is 704. The van der Waals surface area contributed by atoms with Crippen LogP contribution in [0.4, 0.5) is 5.69 Å². The average molecular weight is 401 g/mol. The SMILES string of the molecule is CSc1nnc(SCC(=O)N2CCN(c3ccccc3Cl)CC2)s1. The number of halogens is 1. The molecule has 1 aliphatic heterocycles. The summed E-state index contributed by atoms with van der Waals surface area (Å²) in [6, 6.07) is 7.84. The fourth-order valence-electron chi connectivity index (χ4n) is 2.46. The highest BCUT2D eigenvalue weighted by molar-refractivity contribution is 8.03. The van der Waals surface area contributed by atoms with Gasteiger partial charge < -0.3 is 9.80 Å². The molecule has 128 valence electrons. The number of carbonyl (C=O) groups excluding carboxylic acids is 1. The Hall–Kier alpha value is -0.960. The number of piperazine rings is 1. The van der Waals surface area contributed by atoms with Gasteiger partial charge in [-0.3, -0.25) is 4.79 Å². The summed E-state index contributed by atoms with van der Waals surface area (Å²) in [5.41, 5.74) is 1.04. The van der Waals surface area contributed by atoms with Gasteiger partial charge in [-0.1, -0.05) is 58.6 Å². The molecule has 2 aromatic rings. The van der Waals surface area contributed by atoms with Crippen LogP contribution in [0.2, 0.25) is 5.02 Å². The van der Waals surface area contributed by atoms with Crippen LogP contribution in [-0.2, 0) is 4.79 Å². The van der Waals surface area contributed by atoms with Gasteiger partial charge in [0.25, 0.3) is 0 Å². The smallest absolute Gasteiger partial charge is 0.233 e. The molecule has 1 amide bonds. The van der Waals surface area contributed by atoms with Crippen molar-refractivity contribution in [3.05, 3.63) is 29.3 Å². The normalized spacial score (nSPS) is 14.9. The lowest BCUT2D eigenvalue weighted by Gasteiger charge is -2.36. The van der Waals surface area contributed by atoms with Crippen LogP contribution in [0.1, 0.15) is 0 Å². The quantitative estimate of drug-likeness (QED) is 0.717. The molecule has 1 aliphatic rings. The molecule has 0 saturated carbocycles. The second kappa shape index (κ2) is 8.42. The lowest BCUT2D eigenvalue weighted by atomic mass is 10.2. The van der Waals surface area contributed by atoms with E-state index in [1.54, 1.807) is 11.8 Å². The van der Waals surface area contributed by atoms with Crippen molar-refractivity contribution < 1.29 is 4.79 Å². The van der Waals surface area contributed by atoms with Gasteiger partial charge in [0.2, 0.25) is 5.91 Å². The van der Waals surface area contributed by atoms with Crippen molar-refractivity contribution in [2.24, 2.45) is 0 Å². The minimum Gasteiger partial charge on any atom is -0.367 e. The van der Waals surface area contributed by atoms with E-state index in [1.165, 1.54) is 23.1 Å². The molecule has 5 nitrogen and oxygen atoms in total. The predicted molar refractivity (Wildman–Crippen MR) is 103 cm³/mol.